The van der Waals surface area contributed by atoms with Crippen LogP contribution in [0, 0.1) is 0 Å². The van der Waals surface area contributed by atoms with Crippen molar-refractivity contribution in [1.82, 2.24) is 24.6 Å². The summed E-state index contributed by atoms with van der Waals surface area (Å²) in [6.45, 7) is 6.44. The van der Waals surface area contributed by atoms with Crippen molar-refractivity contribution in [2.24, 2.45) is 0 Å². The van der Waals surface area contributed by atoms with Gasteiger partial charge in [0.15, 0.2) is 15.5 Å². The molecule has 170 valence electrons. The number of fused-ring (bicyclic) bond motifs is 1. The van der Waals surface area contributed by atoms with Gasteiger partial charge in [0, 0.05) is 19.2 Å². The monoisotopic (exact) mass is 459 g/mol. The van der Waals surface area contributed by atoms with Crippen LogP contribution < -0.4 is 4.74 Å². The van der Waals surface area contributed by atoms with Crippen LogP contribution in [-0.2, 0) is 14.6 Å². The Morgan fingerprint density at radius 3 is 2.53 bits per heavy atom. The summed E-state index contributed by atoms with van der Waals surface area (Å²) in [5.41, 5.74) is 0.640. The zero-order chi connectivity index (χ0) is 23.1. The van der Waals surface area contributed by atoms with E-state index in [0.717, 1.165) is 6.26 Å². The first-order valence-corrected chi connectivity index (χ1v) is 12.0. The van der Waals surface area contributed by atoms with Gasteiger partial charge in [-0.2, -0.15) is 5.10 Å². The Kier molecular flexibility index (Phi) is 5.53. The highest BCUT2D eigenvalue weighted by atomic mass is 32.2. The van der Waals surface area contributed by atoms with Crippen LogP contribution in [0.3, 0.4) is 0 Å². The van der Waals surface area contributed by atoms with Gasteiger partial charge in [-0.15, -0.1) is 0 Å². The molecule has 0 N–H and O–H groups in total. The summed E-state index contributed by atoms with van der Waals surface area (Å²) in [6, 6.07) is 6.39. The summed E-state index contributed by atoms with van der Waals surface area (Å²) in [4.78, 5) is 22.7. The number of aromatic nitrogens is 4. The van der Waals surface area contributed by atoms with E-state index in [0.29, 0.717) is 42.1 Å². The molecule has 32 heavy (non-hydrogen) atoms. The fourth-order valence-electron chi connectivity index (χ4n) is 3.41. The molecule has 10 nitrogen and oxygen atoms in total. The van der Waals surface area contributed by atoms with Crippen molar-refractivity contribution in [2.75, 3.05) is 19.3 Å². The van der Waals surface area contributed by atoms with Gasteiger partial charge in [0.05, 0.1) is 23.3 Å². The standard InChI is InChI=1S/C21H25N5O5S/c1-21(2,3)31-20(27)25-10-9-15(12-25)30-19-17-11-24-26(18(17)22-13-23-19)14-5-7-16(8-6-14)32(4,28)29/h5-8,11,13,15H,9-10,12H2,1-4H3. The summed E-state index contributed by atoms with van der Waals surface area (Å²) in [7, 11) is -3.28. The van der Waals surface area contributed by atoms with E-state index in [-0.39, 0.29) is 17.1 Å². The quantitative estimate of drug-likeness (QED) is 0.584. The number of benzene rings is 1. The highest BCUT2D eigenvalue weighted by Gasteiger charge is 2.31. The highest BCUT2D eigenvalue weighted by molar-refractivity contribution is 7.90. The minimum atomic E-state index is -3.28. The molecule has 0 bridgehead atoms. The second-order valence-corrected chi connectivity index (χ2v) is 10.7. The number of hydrogen-bond donors (Lipinski definition) is 0. The zero-order valence-electron chi connectivity index (χ0n) is 18.3. The number of likely N-dealkylation sites (tertiary alicyclic amines) is 1. The highest BCUT2D eigenvalue weighted by Crippen LogP contribution is 2.26. The molecular weight excluding hydrogens is 434 g/mol. The molecule has 0 spiro atoms. The number of amides is 1. The minimum Gasteiger partial charge on any atom is -0.472 e. The second kappa shape index (κ2) is 8.05. The van der Waals surface area contributed by atoms with Crippen LogP contribution in [0.5, 0.6) is 5.88 Å². The van der Waals surface area contributed by atoms with Gasteiger partial charge < -0.3 is 14.4 Å². The van der Waals surface area contributed by atoms with E-state index in [9.17, 15) is 13.2 Å². The fraction of sp³-hybridized carbons (Fsp3) is 0.429. The zero-order valence-corrected chi connectivity index (χ0v) is 19.2. The van der Waals surface area contributed by atoms with Crippen LogP contribution in [0.2, 0.25) is 0 Å². The van der Waals surface area contributed by atoms with E-state index in [1.165, 1.54) is 18.5 Å². The fourth-order valence-corrected chi connectivity index (χ4v) is 4.05. The van der Waals surface area contributed by atoms with E-state index >= 15 is 0 Å². The Bertz CT molecular complexity index is 1250. The van der Waals surface area contributed by atoms with Crippen LogP contribution in [0.15, 0.2) is 41.7 Å². The van der Waals surface area contributed by atoms with Crippen molar-refractivity contribution in [1.29, 1.82) is 0 Å². The Labute approximate surface area is 186 Å². The van der Waals surface area contributed by atoms with Gasteiger partial charge in [0.25, 0.3) is 0 Å². The van der Waals surface area contributed by atoms with Crippen molar-refractivity contribution in [3.63, 3.8) is 0 Å². The molecule has 1 unspecified atom stereocenters. The lowest BCUT2D eigenvalue weighted by molar-refractivity contribution is 0.0275. The van der Waals surface area contributed by atoms with Gasteiger partial charge in [0.2, 0.25) is 5.88 Å². The van der Waals surface area contributed by atoms with E-state index in [1.807, 2.05) is 20.8 Å². The molecule has 0 radical (unpaired) electrons. The Morgan fingerprint density at radius 1 is 1.16 bits per heavy atom. The lowest BCUT2D eigenvalue weighted by atomic mass is 10.2. The van der Waals surface area contributed by atoms with Crippen LogP contribution >= 0.6 is 0 Å². The molecule has 3 heterocycles. The van der Waals surface area contributed by atoms with E-state index in [1.54, 1.807) is 27.9 Å². The Morgan fingerprint density at radius 2 is 1.88 bits per heavy atom. The third kappa shape index (κ3) is 4.67. The number of rotatable bonds is 4. The van der Waals surface area contributed by atoms with E-state index < -0.39 is 15.4 Å². The number of carbonyl (C=O) groups is 1. The molecule has 0 aliphatic carbocycles. The molecule has 0 saturated carbocycles. The molecule has 1 fully saturated rings. The maximum atomic E-state index is 12.3. The SMILES string of the molecule is CC(C)(C)OC(=O)N1CCC(Oc2ncnc3c2cnn3-c2ccc(S(C)(=O)=O)cc2)C1. The maximum absolute atomic E-state index is 12.3. The number of sulfone groups is 1. The van der Waals surface area contributed by atoms with Gasteiger partial charge in [-0.05, 0) is 45.0 Å². The molecule has 1 aliphatic rings. The average molecular weight is 460 g/mol. The number of nitrogens with zero attached hydrogens (tertiary/aromatic N) is 5. The van der Waals surface area contributed by atoms with Gasteiger partial charge in [0.1, 0.15) is 23.4 Å². The minimum absolute atomic E-state index is 0.224. The second-order valence-electron chi connectivity index (χ2n) is 8.69. The molecule has 3 aromatic rings. The molecule has 4 rings (SSSR count). The maximum Gasteiger partial charge on any atom is 0.410 e. The molecule has 1 aliphatic heterocycles. The summed E-state index contributed by atoms with van der Waals surface area (Å²) < 4.78 is 36.5. The number of hydrogen-bond acceptors (Lipinski definition) is 8. The van der Waals surface area contributed by atoms with Crippen LogP contribution in [0.1, 0.15) is 27.2 Å². The predicted molar refractivity (Wildman–Crippen MR) is 117 cm³/mol. The lowest BCUT2D eigenvalue weighted by Crippen LogP contribution is -2.36. The van der Waals surface area contributed by atoms with Crippen molar-refractivity contribution >= 4 is 27.0 Å². The summed E-state index contributed by atoms with van der Waals surface area (Å²) in [6.07, 6.45) is 4.23. The van der Waals surface area contributed by atoms with Gasteiger partial charge in [-0.1, -0.05) is 0 Å². The van der Waals surface area contributed by atoms with Crippen molar-refractivity contribution < 1.29 is 22.7 Å². The summed E-state index contributed by atoms with van der Waals surface area (Å²) in [5, 5.41) is 5.00. The first-order valence-electron chi connectivity index (χ1n) is 10.1. The topological polar surface area (TPSA) is 117 Å². The molecule has 1 aromatic carbocycles. The largest absolute Gasteiger partial charge is 0.472 e. The lowest BCUT2D eigenvalue weighted by Gasteiger charge is -2.24. The van der Waals surface area contributed by atoms with Crippen molar-refractivity contribution in [3.8, 4) is 11.6 Å². The normalized spacial score (nSPS) is 17.0. The van der Waals surface area contributed by atoms with Gasteiger partial charge >= 0.3 is 6.09 Å². The number of carbonyl (C=O) groups excluding carboxylic acids is 1. The van der Waals surface area contributed by atoms with Gasteiger partial charge in [-0.25, -0.2) is 27.9 Å². The van der Waals surface area contributed by atoms with Gasteiger partial charge in [-0.3, -0.25) is 0 Å². The third-order valence-electron chi connectivity index (χ3n) is 4.91. The number of ether oxygens (including phenoxy) is 2. The predicted octanol–water partition coefficient (Wildman–Crippen LogP) is 2.61. The Hall–Kier alpha value is -3.21. The molecule has 1 saturated heterocycles. The molecule has 11 heteroatoms. The molecular formula is C21H25N5O5S. The van der Waals surface area contributed by atoms with Crippen LogP contribution in [-0.4, -0.2) is 70.2 Å². The summed E-state index contributed by atoms with van der Waals surface area (Å²) in [5.74, 6) is 0.380. The van der Waals surface area contributed by atoms with E-state index in [4.69, 9.17) is 9.47 Å². The smallest absolute Gasteiger partial charge is 0.410 e. The first kappa shape index (κ1) is 22.0. The van der Waals surface area contributed by atoms with Crippen molar-refractivity contribution in [2.45, 2.75) is 43.8 Å². The van der Waals surface area contributed by atoms with E-state index in [2.05, 4.69) is 15.1 Å². The Balaban J connectivity index is 1.52. The third-order valence-corrected chi connectivity index (χ3v) is 6.04. The summed E-state index contributed by atoms with van der Waals surface area (Å²) >= 11 is 0. The van der Waals surface area contributed by atoms with Crippen molar-refractivity contribution in [3.05, 3.63) is 36.8 Å². The molecule has 1 atom stereocenters. The first-order chi connectivity index (χ1) is 15.0. The van der Waals surface area contributed by atoms with Crippen LogP contribution in [0.4, 0.5) is 4.79 Å². The molecule has 1 amide bonds. The average Bonchev–Trinajstić information content (AvgIpc) is 3.34. The molecule has 2 aromatic heterocycles. The van der Waals surface area contributed by atoms with Crippen LogP contribution in [0.25, 0.3) is 16.7 Å².